The number of para-hydroxylation sites is 1. The number of nitrogens with one attached hydrogen (secondary N) is 1. The maximum Gasteiger partial charge on any atom is 0.307 e. The number of hydrogen-bond acceptors (Lipinski definition) is 5. The standard InChI is InChI=1S/C20H21ClN2O5S/c1-14(20(25)23-13-11-15-4-2-3-5-18(15)23)28-19(24)10-12-22-29(26,27)17-8-6-16(21)7-9-17/h2-9,14,22H,10-13H2,1H3/t14-/m0/s1. The number of carbonyl (C=O) groups is 2. The molecule has 9 heteroatoms. The number of anilines is 1. The van der Waals surface area contributed by atoms with Crippen molar-refractivity contribution in [3.05, 3.63) is 59.1 Å². The van der Waals surface area contributed by atoms with Gasteiger partial charge in [0.05, 0.1) is 11.3 Å². The zero-order chi connectivity index (χ0) is 21.0. The van der Waals surface area contributed by atoms with Crippen LogP contribution in [0.2, 0.25) is 5.02 Å². The summed E-state index contributed by atoms with van der Waals surface area (Å²) in [6.07, 6.45) is -0.391. The smallest absolute Gasteiger partial charge is 0.307 e. The SMILES string of the molecule is C[C@H](OC(=O)CCNS(=O)(=O)c1ccc(Cl)cc1)C(=O)N1CCc2ccccc21. The molecule has 0 saturated heterocycles. The summed E-state index contributed by atoms with van der Waals surface area (Å²) in [5.74, 6) is -0.956. The first-order valence-corrected chi connectivity index (χ1v) is 11.0. The fourth-order valence-corrected chi connectivity index (χ4v) is 4.24. The molecule has 0 fully saturated rings. The summed E-state index contributed by atoms with van der Waals surface area (Å²) in [5.41, 5.74) is 1.91. The molecule has 29 heavy (non-hydrogen) atoms. The monoisotopic (exact) mass is 436 g/mol. The second kappa shape index (κ2) is 8.94. The van der Waals surface area contributed by atoms with Crippen molar-refractivity contribution in [2.24, 2.45) is 0 Å². The highest BCUT2D eigenvalue weighted by atomic mass is 35.5. The number of carbonyl (C=O) groups excluding carboxylic acids is 2. The molecule has 7 nitrogen and oxygen atoms in total. The summed E-state index contributed by atoms with van der Waals surface area (Å²) in [6.45, 7) is 1.91. The zero-order valence-electron chi connectivity index (χ0n) is 15.8. The first-order valence-electron chi connectivity index (χ1n) is 9.12. The Morgan fingerprint density at radius 1 is 1.17 bits per heavy atom. The molecule has 0 bridgehead atoms. The highest BCUT2D eigenvalue weighted by Crippen LogP contribution is 2.28. The molecule has 0 aliphatic carbocycles. The maximum atomic E-state index is 12.6. The van der Waals surface area contributed by atoms with Crippen molar-refractivity contribution >= 4 is 39.2 Å². The summed E-state index contributed by atoms with van der Waals surface area (Å²) in [4.78, 5) is 26.3. The maximum absolute atomic E-state index is 12.6. The van der Waals surface area contributed by atoms with Gasteiger partial charge in [0.1, 0.15) is 0 Å². The van der Waals surface area contributed by atoms with E-state index >= 15 is 0 Å². The molecule has 2 aromatic carbocycles. The molecule has 1 aliphatic heterocycles. The molecular weight excluding hydrogens is 416 g/mol. The lowest BCUT2D eigenvalue weighted by molar-refractivity contribution is -0.153. The number of ether oxygens (including phenoxy) is 1. The van der Waals surface area contributed by atoms with Crippen molar-refractivity contribution in [1.29, 1.82) is 0 Å². The van der Waals surface area contributed by atoms with Gasteiger partial charge in [-0.25, -0.2) is 13.1 Å². The minimum absolute atomic E-state index is 0.0477. The Morgan fingerprint density at radius 2 is 1.86 bits per heavy atom. The van der Waals surface area contributed by atoms with Crippen LogP contribution in [0, 0.1) is 0 Å². The second-order valence-electron chi connectivity index (χ2n) is 6.60. The van der Waals surface area contributed by atoms with E-state index in [1.165, 1.54) is 31.2 Å². The minimum Gasteiger partial charge on any atom is -0.452 e. The van der Waals surface area contributed by atoms with E-state index < -0.39 is 22.1 Å². The number of sulfonamides is 1. The van der Waals surface area contributed by atoms with Gasteiger partial charge in [0.25, 0.3) is 5.91 Å². The van der Waals surface area contributed by atoms with E-state index in [1.807, 2.05) is 24.3 Å². The van der Waals surface area contributed by atoms with Gasteiger partial charge in [0.2, 0.25) is 10.0 Å². The molecular formula is C20H21ClN2O5S. The summed E-state index contributed by atoms with van der Waals surface area (Å²) in [5, 5.41) is 0.423. The van der Waals surface area contributed by atoms with Crippen molar-refractivity contribution in [1.82, 2.24) is 4.72 Å². The van der Waals surface area contributed by atoms with E-state index in [4.69, 9.17) is 16.3 Å². The van der Waals surface area contributed by atoms with Crippen molar-refractivity contribution in [3.8, 4) is 0 Å². The molecule has 1 aliphatic rings. The fourth-order valence-electron chi connectivity index (χ4n) is 3.08. The van der Waals surface area contributed by atoms with Gasteiger partial charge in [0, 0.05) is 23.8 Å². The molecule has 1 amide bonds. The topological polar surface area (TPSA) is 92.8 Å². The van der Waals surface area contributed by atoms with Crippen LogP contribution in [-0.4, -0.2) is 39.5 Å². The first kappa shape index (κ1) is 21.3. The number of rotatable bonds is 7. The Balaban J connectivity index is 1.49. The molecule has 0 spiro atoms. The normalized spacial score (nSPS) is 14.3. The first-order chi connectivity index (χ1) is 13.8. The van der Waals surface area contributed by atoms with E-state index in [0.717, 1.165) is 17.7 Å². The number of nitrogens with zero attached hydrogens (tertiary/aromatic N) is 1. The Bertz CT molecular complexity index is 1010. The Labute approximate surface area is 174 Å². The van der Waals surface area contributed by atoms with Crippen molar-refractivity contribution < 1.29 is 22.7 Å². The van der Waals surface area contributed by atoms with E-state index in [2.05, 4.69) is 4.72 Å². The van der Waals surface area contributed by atoms with Crippen LogP contribution in [0.25, 0.3) is 0 Å². The van der Waals surface area contributed by atoms with Crippen molar-refractivity contribution in [3.63, 3.8) is 0 Å². The number of hydrogen-bond donors (Lipinski definition) is 1. The van der Waals surface area contributed by atoms with Crippen LogP contribution >= 0.6 is 11.6 Å². The number of fused-ring (bicyclic) bond motifs is 1. The number of benzene rings is 2. The summed E-state index contributed by atoms with van der Waals surface area (Å²) >= 11 is 5.75. The van der Waals surface area contributed by atoms with Crippen LogP contribution in [0.4, 0.5) is 5.69 Å². The fraction of sp³-hybridized carbons (Fsp3) is 0.300. The van der Waals surface area contributed by atoms with Crippen LogP contribution in [0.3, 0.4) is 0 Å². The average Bonchev–Trinajstić information content (AvgIpc) is 3.11. The largest absolute Gasteiger partial charge is 0.452 e. The molecule has 1 N–H and O–H groups in total. The van der Waals surface area contributed by atoms with E-state index in [-0.39, 0.29) is 23.8 Å². The second-order valence-corrected chi connectivity index (χ2v) is 8.81. The Hall–Kier alpha value is -2.42. The zero-order valence-corrected chi connectivity index (χ0v) is 17.4. The molecule has 2 aromatic rings. The summed E-state index contributed by atoms with van der Waals surface area (Å²) in [6, 6.07) is 13.3. The van der Waals surface area contributed by atoms with Crippen LogP contribution in [0.15, 0.2) is 53.4 Å². The van der Waals surface area contributed by atoms with Gasteiger partial charge in [-0.05, 0) is 49.2 Å². The third-order valence-electron chi connectivity index (χ3n) is 4.55. The minimum atomic E-state index is -3.76. The van der Waals surface area contributed by atoms with E-state index in [0.29, 0.717) is 11.6 Å². The van der Waals surface area contributed by atoms with Gasteiger partial charge < -0.3 is 9.64 Å². The summed E-state index contributed by atoms with van der Waals surface area (Å²) in [7, 11) is -3.76. The molecule has 0 aromatic heterocycles. The highest BCUT2D eigenvalue weighted by molar-refractivity contribution is 7.89. The lowest BCUT2D eigenvalue weighted by Crippen LogP contribution is -2.39. The third-order valence-corrected chi connectivity index (χ3v) is 6.28. The molecule has 3 rings (SSSR count). The predicted molar refractivity (Wildman–Crippen MR) is 109 cm³/mol. The molecule has 1 atom stereocenters. The number of esters is 1. The van der Waals surface area contributed by atoms with E-state index in [9.17, 15) is 18.0 Å². The van der Waals surface area contributed by atoms with Gasteiger partial charge in [-0.2, -0.15) is 0 Å². The van der Waals surface area contributed by atoms with Gasteiger partial charge in [0.15, 0.2) is 6.10 Å². The molecule has 0 unspecified atom stereocenters. The quantitative estimate of drug-likeness (QED) is 0.673. The Morgan fingerprint density at radius 3 is 2.59 bits per heavy atom. The Kier molecular flexibility index (Phi) is 6.56. The molecule has 0 saturated carbocycles. The average molecular weight is 437 g/mol. The van der Waals surface area contributed by atoms with E-state index in [1.54, 1.807) is 4.90 Å². The van der Waals surface area contributed by atoms with Gasteiger partial charge >= 0.3 is 5.97 Å². The number of amides is 1. The van der Waals surface area contributed by atoms with Crippen molar-refractivity contribution in [2.75, 3.05) is 18.0 Å². The van der Waals surface area contributed by atoms with Crippen LogP contribution in [0.1, 0.15) is 18.9 Å². The molecule has 154 valence electrons. The van der Waals surface area contributed by atoms with Crippen LogP contribution < -0.4 is 9.62 Å². The highest BCUT2D eigenvalue weighted by Gasteiger charge is 2.29. The van der Waals surface area contributed by atoms with Crippen LogP contribution in [0.5, 0.6) is 0 Å². The number of halogens is 1. The third kappa shape index (κ3) is 5.14. The lowest BCUT2D eigenvalue weighted by atomic mass is 10.2. The molecule has 0 radical (unpaired) electrons. The summed E-state index contributed by atoms with van der Waals surface area (Å²) < 4.78 is 31.9. The van der Waals surface area contributed by atoms with Gasteiger partial charge in [-0.3, -0.25) is 9.59 Å². The van der Waals surface area contributed by atoms with Gasteiger partial charge in [-0.1, -0.05) is 29.8 Å². The predicted octanol–water partition coefficient (Wildman–Crippen LogP) is 2.53. The lowest BCUT2D eigenvalue weighted by Gasteiger charge is -2.21. The van der Waals surface area contributed by atoms with Gasteiger partial charge in [-0.15, -0.1) is 0 Å². The molecule has 1 heterocycles. The van der Waals surface area contributed by atoms with Crippen LogP contribution in [-0.2, 0) is 30.8 Å². The van der Waals surface area contributed by atoms with Crippen molar-refractivity contribution in [2.45, 2.75) is 30.8 Å².